The van der Waals surface area contributed by atoms with Gasteiger partial charge in [-0.3, -0.25) is 0 Å². The molecular weight excluding hydrogens is 251 g/mol. The smallest absolute Gasteiger partial charge is 0.382 e. The third kappa shape index (κ3) is 3.43. The molecule has 0 aliphatic heterocycles. The molecule has 2 rings (SSSR count). The van der Waals surface area contributed by atoms with E-state index in [0.717, 1.165) is 18.9 Å². The highest BCUT2D eigenvalue weighted by atomic mass is 19.4. The highest BCUT2D eigenvalue weighted by molar-refractivity contribution is 5.53. The number of nitrogens with one attached hydrogen (secondary N) is 1. The molecule has 1 nitrogen and oxygen atoms in total. The molecule has 0 saturated heterocycles. The first-order valence-electron chi connectivity index (χ1n) is 6.80. The van der Waals surface area contributed by atoms with Gasteiger partial charge >= 0.3 is 6.18 Å². The summed E-state index contributed by atoms with van der Waals surface area (Å²) >= 11 is 0. The number of alkyl halides is 3. The summed E-state index contributed by atoms with van der Waals surface area (Å²) in [7, 11) is 0. The van der Waals surface area contributed by atoms with Crippen LogP contribution >= 0.6 is 0 Å². The Kier molecular flexibility index (Phi) is 4.07. The summed E-state index contributed by atoms with van der Waals surface area (Å²) in [4.78, 5) is 0. The number of hydrogen-bond acceptors (Lipinski definition) is 1. The van der Waals surface area contributed by atoms with Crippen molar-refractivity contribution >= 4 is 5.69 Å². The van der Waals surface area contributed by atoms with Crippen LogP contribution in [0.1, 0.15) is 38.7 Å². The molecular formula is C15H20F3N. The van der Waals surface area contributed by atoms with Crippen molar-refractivity contribution < 1.29 is 13.2 Å². The van der Waals surface area contributed by atoms with Gasteiger partial charge in [-0.1, -0.05) is 32.4 Å². The van der Waals surface area contributed by atoms with Crippen LogP contribution in [0.15, 0.2) is 24.3 Å². The van der Waals surface area contributed by atoms with Crippen LogP contribution in [0.3, 0.4) is 0 Å². The summed E-state index contributed by atoms with van der Waals surface area (Å²) in [6, 6.07) is 5.87. The normalized spacial score (nSPS) is 28.2. The Balaban J connectivity index is 2.19. The van der Waals surface area contributed by atoms with Crippen molar-refractivity contribution in [2.24, 2.45) is 11.8 Å². The van der Waals surface area contributed by atoms with Crippen LogP contribution in [0.2, 0.25) is 0 Å². The average molecular weight is 271 g/mol. The summed E-state index contributed by atoms with van der Waals surface area (Å²) < 4.78 is 38.8. The van der Waals surface area contributed by atoms with Gasteiger partial charge in [0.1, 0.15) is 0 Å². The minimum absolute atomic E-state index is 0.132. The third-order valence-electron chi connectivity index (χ3n) is 4.03. The molecule has 0 amide bonds. The first kappa shape index (κ1) is 14.2. The molecule has 0 bridgehead atoms. The quantitative estimate of drug-likeness (QED) is 0.803. The second-order valence-electron chi connectivity index (χ2n) is 5.69. The predicted molar refractivity (Wildman–Crippen MR) is 71.0 cm³/mol. The minimum atomic E-state index is -4.30. The first-order valence-corrected chi connectivity index (χ1v) is 6.80. The van der Waals surface area contributed by atoms with Crippen LogP contribution in [0.4, 0.5) is 18.9 Å². The highest BCUT2D eigenvalue weighted by Gasteiger charge is 2.34. The molecule has 3 unspecified atom stereocenters. The second kappa shape index (κ2) is 5.43. The lowest BCUT2D eigenvalue weighted by molar-refractivity contribution is -0.137. The van der Waals surface area contributed by atoms with Crippen molar-refractivity contribution in [1.82, 2.24) is 0 Å². The molecule has 106 valence electrons. The molecule has 0 aromatic heterocycles. The van der Waals surface area contributed by atoms with E-state index >= 15 is 0 Å². The van der Waals surface area contributed by atoms with Crippen molar-refractivity contribution in [2.75, 3.05) is 5.32 Å². The molecule has 1 aliphatic carbocycles. The van der Waals surface area contributed by atoms with Crippen molar-refractivity contribution in [3.8, 4) is 0 Å². The van der Waals surface area contributed by atoms with E-state index < -0.39 is 11.7 Å². The van der Waals surface area contributed by atoms with Gasteiger partial charge in [-0.25, -0.2) is 0 Å². The molecule has 1 saturated carbocycles. The summed E-state index contributed by atoms with van der Waals surface area (Å²) in [5.41, 5.74) is -0.360. The highest BCUT2D eigenvalue weighted by Crippen LogP contribution is 2.37. The Morgan fingerprint density at radius 3 is 2.47 bits per heavy atom. The van der Waals surface area contributed by atoms with Crippen LogP contribution < -0.4 is 5.32 Å². The molecule has 3 atom stereocenters. The van der Waals surface area contributed by atoms with Crippen LogP contribution in [0, 0.1) is 11.8 Å². The second-order valence-corrected chi connectivity index (χ2v) is 5.69. The molecule has 1 aromatic carbocycles. The molecule has 1 fully saturated rings. The van der Waals surface area contributed by atoms with E-state index in [4.69, 9.17) is 0 Å². The van der Waals surface area contributed by atoms with E-state index in [1.807, 2.05) is 0 Å². The number of rotatable bonds is 2. The third-order valence-corrected chi connectivity index (χ3v) is 4.03. The van der Waals surface area contributed by atoms with Crippen LogP contribution in [-0.2, 0) is 6.18 Å². The Morgan fingerprint density at radius 1 is 1.11 bits per heavy atom. The van der Waals surface area contributed by atoms with Gasteiger partial charge in [0.2, 0.25) is 0 Å². The summed E-state index contributed by atoms with van der Waals surface area (Å²) in [5.74, 6) is 0.990. The lowest BCUT2D eigenvalue weighted by Crippen LogP contribution is -2.34. The maximum Gasteiger partial charge on any atom is 0.418 e. The lowest BCUT2D eigenvalue weighted by atomic mass is 9.80. The number of para-hydroxylation sites is 1. The number of hydrogen-bond donors (Lipinski definition) is 1. The largest absolute Gasteiger partial charge is 0.418 e. The van der Waals surface area contributed by atoms with Gasteiger partial charge in [-0.2, -0.15) is 13.2 Å². The topological polar surface area (TPSA) is 12.0 Å². The monoisotopic (exact) mass is 271 g/mol. The fourth-order valence-electron chi connectivity index (χ4n) is 2.79. The molecule has 19 heavy (non-hydrogen) atoms. The van der Waals surface area contributed by atoms with Gasteiger partial charge in [-0.05, 0) is 36.8 Å². The Bertz CT molecular complexity index is 428. The first-order chi connectivity index (χ1) is 8.88. The SMILES string of the molecule is CC1CCC(C)C(Nc2ccccc2C(F)(F)F)C1. The molecule has 1 aliphatic rings. The van der Waals surface area contributed by atoms with Crippen molar-refractivity contribution in [2.45, 2.75) is 45.3 Å². The van der Waals surface area contributed by atoms with E-state index in [9.17, 15) is 13.2 Å². The van der Waals surface area contributed by atoms with Gasteiger partial charge in [0.05, 0.1) is 5.56 Å². The Morgan fingerprint density at radius 2 is 1.79 bits per heavy atom. The molecule has 4 heteroatoms. The summed E-state index contributed by atoms with van der Waals surface area (Å²) in [5, 5.41) is 3.12. The van der Waals surface area contributed by atoms with Gasteiger partial charge in [0, 0.05) is 11.7 Å². The molecule has 1 aromatic rings. The Hall–Kier alpha value is -1.19. The van der Waals surface area contributed by atoms with E-state index in [0.29, 0.717) is 11.8 Å². The molecule has 0 radical (unpaired) electrons. The minimum Gasteiger partial charge on any atom is -0.382 e. The average Bonchev–Trinajstić information content (AvgIpc) is 2.33. The van der Waals surface area contributed by atoms with E-state index in [1.54, 1.807) is 6.07 Å². The van der Waals surface area contributed by atoms with Crippen molar-refractivity contribution in [1.29, 1.82) is 0 Å². The summed E-state index contributed by atoms with van der Waals surface area (Å²) in [6.07, 6.45) is -1.12. The molecule has 1 N–H and O–H groups in total. The van der Waals surface area contributed by atoms with Crippen molar-refractivity contribution in [3.05, 3.63) is 29.8 Å². The predicted octanol–water partition coefficient (Wildman–Crippen LogP) is 4.94. The van der Waals surface area contributed by atoms with Crippen LogP contribution in [0.25, 0.3) is 0 Å². The number of anilines is 1. The van der Waals surface area contributed by atoms with E-state index in [1.165, 1.54) is 18.6 Å². The van der Waals surface area contributed by atoms with Crippen molar-refractivity contribution in [3.63, 3.8) is 0 Å². The van der Waals surface area contributed by atoms with Crippen LogP contribution in [-0.4, -0.2) is 6.04 Å². The zero-order valence-corrected chi connectivity index (χ0v) is 11.3. The number of halogens is 3. The van der Waals surface area contributed by atoms with E-state index in [-0.39, 0.29) is 11.7 Å². The molecule has 0 heterocycles. The van der Waals surface area contributed by atoms with Gasteiger partial charge in [0.25, 0.3) is 0 Å². The van der Waals surface area contributed by atoms with Gasteiger partial charge in [-0.15, -0.1) is 0 Å². The summed E-state index contributed by atoms with van der Waals surface area (Å²) in [6.45, 7) is 4.27. The maximum atomic E-state index is 12.9. The molecule has 0 spiro atoms. The zero-order valence-electron chi connectivity index (χ0n) is 11.3. The lowest BCUT2D eigenvalue weighted by Gasteiger charge is -2.34. The Labute approximate surface area is 112 Å². The fraction of sp³-hybridized carbons (Fsp3) is 0.600. The van der Waals surface area contributed by atoms with Gasteiger partial charge in [0.15, 0.2) is 0 Å². The standard InChI is InChI=1S/C15H20F3N/c1-10-7-8-11(2)14(9-10)19-13-6-4-3-5-12(13)15(16,17)18/h3-6,10-11,14,19H,7-9H2,1-2H3. The van der Waals surface area contributed by atoms with Crippen LogP contribution in [0.5, 0.6) is 0 Å². The van der Waals surface area contributed by atoms with E-state index in [2.05, 4.69) is 19.2 Å². The fourth-order valence-corrected chi connectivity index (χ4v) is 2.79. The van der Waals surface area contributed by atoms with Gasteiger partial charge < -0.3 is 5.32 Å². The number of benzene rings is 1. The zero-order chi connectivity index (χ0) is 14.0. The maximum absolute atomic E-state index is 12.9.